The number of nitrogens with one attached hydrogen (secondary N) is 2. The van der Waals surface area contributed by atoms with E-state index in [0.717, 1.165) is 27.1 Å². The number of amides is 2. The third-order valence-electron chi connectivity index (χ3n) is 6.58. The van der Waals surface area contributed by atoms with E-state index in [9.17, 15) is 19.5 Å². The average molecular weight is 617 g/mol. The molecule has 0 saturated heterocycles. The van der Waals surface area contributed by atoms with Crippen molar-refractivity contribution in [1.29, 1.82) is 0 Å². The first kappa shape index (κ1) is 31.6. The highest BCUT2D eigenvalue weighted by molar-refractivity contribution is 7.14. The molecule has 4 aromatic rings. The minimum Gasteiger partial charge on any atom is -0.480 e. The number of carboxylic acids is 1. The highest BCUT2D eigenvalue weighted by atomic mass is 35.5. The zero-order valence-corrected chi connectivity index (χ0v) is 25.9. The number of hydrogen-bond acceptors (Lipinski definition) is 6. The number of benzene rings is 2. The molecule has 222 valence electrons. The molecule has 0 radical (unpaired) electrons. The molecule has 0 aliphatic carbocycles. The Kier molecular flexibility index (Phi) is 10.1. The number of aromatic nitrogens is 2. The molecular formula is C33H33ClN4O4S. The molecule has 2 heterocycles. The molecule has 10 heteroatoms. The zero-order valence-electron chi connectivity index (χ0n) is 24.3. The molecular weight excluding hydrogens is 584 g/mol. The maximum absolute atomic E-state index is 13.1. The zero-order chi connectivity index (χ0) is 31.1. The molecule has 8 nitrogen and oxygen atoms in total. The Morgan fingerprint density at radius 2 is 1.53 bits per heavy atom. The van der Waals surface area contributed by atoms with Gasteiger partial charge in [0.2, 0.25) is 5.91 Å². The first-order valence-electron chi connectivity index (χ1n) is 13.7. The first-order chi connectivity index (χ1) is 20.4. The van der Waals surface area contributed by atoms with Gasteiger partial charge in [0.1, 0.15) is 12.1 Å². The van der Waals surface area contributed by atoms with Gasteiger partial charge in [0.15, 0.2) is 5.82 Å². The number of halogens is 1. The van der Waals surface area contributed by atoms with Crippen LogP contribution in [-0.2, 0) is 21.4 Å². The van der Waals surface area contributed by atoms with E-state index in [1.165, 1.54) is 18.3 Å². The molecule has 0 unspecified atom stereocenters. The van der Waals surface area contributed by atoms with Gasteiger partial charge in [0.05, 0.1) is 4.88 Å². The number of nitrogens with zero attached hydrogens (tertiary/aromatic N) is 2. The smallest absolute Gasteiger partial charge is 0.325 e. The number of carboxylic acid groups (broad SMARTS) is 1. The molecule has 0 saturated carbocycles. The van der Waals surface area contributed by atoms with Crippen LogP contribution < -0.4 is 10.6 Å². The van der Waals surface area contributed by atoms with E-state index in [4.69, 9.17) is 11.6 Å². The second kappa shape index (κ2) is 13.8. The molecule has 0 aliphatic rings. The first-order valence-corrected chi connectivity index (χ1v) is 14.9. The third kappa shape index (κ3) is 8.83. The summed E-state index contributed by atoms with van der Waals surface area (Å²) in [5.41, 5.74) is 3.30. The summed E-state index contributed by atoms with van der Waals surface area (Å²) in [5.74, 6) is -1.59. The second-order valence-corrected chi connectivity index (χ2v) is 12.7. The van der Waals surface area contributed by atoms with Gasteiger partial charge >= 0.3 is 5.97 Å². The second-order valence-electron chi connectivity index (χ2n) is 11.1. The quantitative estimate of drug-likeness (QED) is 0.193. The Bertz CT molecular complexity index is 1610. The van der Waals surface area contributed by atoms with Gasteiger partial charge in [-0.3, -0.25) is 14.4 Å². The average Bonchev–Trinajstić information content (AvgIpc) is 3.49. The van der Waals surface area contributed by atoms with Gasteiger partial charge in [-0.15, -0.1) is 11.3 Å². The Morgan fingerprint density at radius 1 is 0.907 bits per heavy atom. The van der Waals surface area contributed by atoms with Crippen molar-refractivity contribution < 1.29 is 19.5 Å². The SMILES string of the molecule is C[C@@H](NC(=O)[C@H](Cc1ccc(-c2ncc(/C=C/c3ccc(Cl)cc3)cn2)cc1)NC(=O)c1ccc(C(C)(C)C)s1)C(=O)O. The number of rotatable bonds is 10. The lowest BCUT2D eigenvalue weighted by Gasteiger charge is -2.20. The van der Waals surface area contributed by atoms with Crippen LogP contribution in [0.15, 0.2) is 73.1 Å². The summed E-state index contributed by atoms with van der Waals surface area (Å²) in [5, 5.41) is 15.2. The van der Waals surface area contributed by atoms with Crippen LogP contribution in [-0.4, -0.2) is 44.9 Å². The highest BCUT2D eigenvalue weighted by Crippen LogP contribution is 2.29. The standard InChI is InChI=1S/C33H33ClN4O4S/c1-20(32(41)42)37-30(39)26(38-31(40)27-15-16-28(43-27)33(2,3)4)17-22-7-11-24(12-8-22)29-35-18-23(19-36-29)6-5-21-9-13-25(34)14-10-21/h5-16,18-20,26H,17H2,1-4H3,(H,37,39)(H,38,40)(H,41,42)/b6-5+/t20-,26+/m1/s1. The summed E-state index contributed by atoms with van der Waals surface area (Å²) >= 11 is 7.31. The van der Waals surface area contributed by atoms with Crippen molar-refractivity contribution in [2.24, 2.45) is 0 Å². The topological polar surface area (TPSA) is 121 Å². The molecule has 3 N–H and O–H groups in total. The predicted molar refractivity (Wildman–Crippen MR) is 171 cm³/mol. The van der Waals surface area contributed by atoms with Crippen LogP contribution in [0, 0.1) is 0 Å². The number of thiophene rings is 1. The molecule has 2 aromatic heterocycles. The van der Waals surface area contributed by atoms with Crippen molar-refractivity contribution in [2.75, 3.05) is 0 Å². The van der Waals surface area contributed by atoms with E-state index in [1.54, 1.807) is 18.5 Å². The molecule has 43 heavy (non-hydrogen) atoms. The molecule has 4 rings (SSSR count). The van der Waals surface area contributed by atoms with Crippen LogP contribution in [0.4, 0.5) is 0 Å². The Balaban J connectivity index is 1.46. The maximum Gasteiger partial charge on any atom is 0.325 e. The lowest BCUT2D eigenvalue weighted by molar-refractivity contribution is -0.141. The van der Waals surface area contributed by atoms with Gasteiger partial charge < -0.3 is 15.7 Å². The van der Waals surface area contributed by atoms with Crippen LogP contribution >= 0.6 is 22.9 Å². The number of hydrogen-bond donors (Lipinski definition) is 3. The van der Waals surface area contributed by atoms with E-state index in [0.29, 0.717) is 15.7 Å². The van der Waals surface area contributed by atoms with Gasteiger partial charge in [0.25, 0.3) is 5.91 Å². The van der Waals surface area contributed by atoms with Crippen LogP contribution in [0.2, 0.25) is 5.02 Å². The largest absolute Gasteiger partial charge is 0.480 e. The summed E-state index contributed by atoms with van der Waals surface area (Å²) in [4.78, 5) is 48.0. The summed E-state index contributed by atoms with van der Waals surface area (Å²) < 4.78 is 0. The fourth-order valence-corrected chi connectivity index (χ4v) is 5.14. The Labute approximate surface area is 259 Å². The summed E-state index contributed by atoms with van der Waals surface area (Å²) in [6, 6.07) is 16.4. The minimum atomic E-state index is -1.16. The predicted octanol–water partition coefficient (Wildman–Crippen LogP) is 6.26. The normalized spacial score (nSPS) is 13.0. The van der Waals surface area contributed by atoms with Gasteiger partial charge in [0, 0.05) is 39.8 Å². The van der Waals surface area contributed by atoms with Gasteiger partial charge in [-0.25, -0.2) is 9.97 Å². The summed E-state index contributed by atoms with van der Waals surface area (Å²) in [6.45, 7) is 7.56. The number of carbonyl (C=O) groups is 3. The molecule has 2 aromatic carbocycles. The monoisotopic (exact) mass is 616 g/mol. The van der Waals surface area contributed by atoms with E-state index in [-0.39, 0.29) is 17.7 Å². The maximum atomic E-state index is 13.1. The van der Waals surface area contributed by atoms with E-state index in [2.05, 4.69) is 41.4 Å². The molecule has 2 amide bonds. The Morgan fingerprint density at radius 3 is 2.12 bits per heavy atom. The molecule has 0 spiro atoms. The van der Waals surface area contributed by atoms with Crippen molar-refractivity contribution in [2.45, 2.75) is 51.6 Å². The van der Waals surface area contributed by atoms with Crippen molar-refractivity contribution >= 4 is 52.9 Å². The van der Waals surface area contributed by atoms with Crippen molar-refractivity contribution in [1.82, 2.24) is 20.6 Å². The van der Waals surface area contributed by atoms with Gasteiger partial charge in [-0.05, 0) is 47.7 Å². The fourth-order valence-electron chi connectivity index (χ4n) is 4.04. The van der Waals surface area contributed by atoms with Crippen LogP contribution in [0.1, 0.15) is 58.9 Å². The van der Waals surface area contributed by atoms with Crippen molar-refractivity contribution in [3.63, 3.8) is 0 Å². The van der Waals surface area contributed by atoms with E-state index in [1.807, 2.05) is 66.7 Å². The van der Waals surface area contributed by atoms with E-state index < -0.39 is 24.0 Å². The Hall–Kier alpha value is -4.34. The molecule has 0 bridgehead atoms. The minimum absolute atomic E-state index is 0.114. The molecule has 0 fully saturated rings. The van der Waals surface area contributed by atoms with E-state index >= 15 is 0 Å². The van der Waals surface area contributed by atoms with Crippen LogP contribution in [0.25, 0.3) is 23.5 Å². The highest BCUT2D eigenvalue weighted by Gasteiger charge is 2.26. The molecule has 2 atom stereocenters. The lowest BCUT2D eigenvalue weighted by atomic mass is 9.95. The third-order valence-corrected chi connectivity index (χ3v) is 8.34. The number of carbonyl (C=O) groups excluding carboxylic acids is 2. The van der Waals surface area contributed by atoms with Gasteiger partial charge in [-0.1, -0.05) is 80.9 Å². The lowest BCUT2D eigenvalue weighted by Crippen LogP contribution is -2.51. The summed E-state index contributed by atoms with van der Waals surface area (Å²) in [6.07, 6.45) is 7.50. The van der Waals surface area contributed by atoms with Crippen molar-refractivity contribution in [3.05, 3.63) is 105 Å². The summed E-state index contributed by atoms with van der Waals surface area (Å²) in [7, 11) is 0. The van der Waals surface area contributed by atoms with Crippen molar-refractivity contribution in [3.8, 4) is 11.4 Å². The van der Waals surface area contributed by atoms with Gasteiger partial charge in [-0.2, -0.15) is 0 Å². The fraction of sp³-hybridized carbons (Fsp3) is 0.242. The van der Waals surface area contributed by atoms with Crippen LogP contribution in [0.5, 0.6) is 0 Å². The van der Waals surface area contributed by atoms with Crippen LogP contribution in [0.3, 0.4) is 0 Å². The molecule has 0 aliphatic heterocycles. The number of aliphatic carboxylic acids is 1.